The van der Waals surface area contributed by atoms with Gasteiger partial charge in [-0.3, -0.25) is 9.48 Å². The van der Waals surface area contributed by atoms with Crippen molar-refractivity contribution in [2.45, 2.75) is 38.8 Å². The highest BCUT2D eigenvalue weighted by Gasteiger charge is 2.44. The van der Waals surface area contributed by atoms with Crippen LogP contribution >= 0.6 is 34.8 Å². The standard InChI is InChI=1S/C26H23Cl3N4O/c1-2-32-15-22(29)24(30-32)26(34)33-25(17-8-12-20(28)13-9-17)21-5-3-4-18(23(21)31-33)14-16-6-10-19(27)11-7-16/h6-15,21,25H,2-5H2,1H3/b18-14+/t21-,25+/m1/s1. The van der Waals surface area contributed by atoms with Gasteiger partial charge < -0.3 is 0 Å². The van der Waals surface area contributed by atoms with E-state index in [2.05, 4.69) is 11.2 Å². The minimum Gasteiger partial charge on any atom is -0.271 e. The minimum absolute atomic E-state index is 0.0736. The molecule has 0 N–H and O–H groups in total. The molecule has 3 aromatic rings. The lowest BCUT2D eigenvalue weighted by Crippen LogP contribution is -2.32. The van der Waals surface area contributed by atoms with E-state index in [0.29, 0.717) is 21.6 Å². The molecule has 2 heterocycles. The number of allylic oxidation sites excluding steroid dienone is 1. The Bertz CT molecular complexity index is 1280. The molecule has 5 nitrogen and oxygen atoms in total. The summed E-state index contributed by atoms with van der Waals surface area (Å²) in [6, 6.07) is 15.1. The van der Waals surface area contributed by atoms with E-state index in [-0.39, 0.29) is 23.6 Å². The largest absolute Gasteiger partial charge is 0.296 e. The smallest absolute Gasteiger partial charge is 0.271 e. The first-order valence-corrected chi connectivity index (χ1v) is 12.4. The van der Waals surface area contributed by atoms with E-state index in [0.717, 1.165) is 41.7 Å². The molecule has 0 bridgehead atoms. The lowest BCUT2D eigenvalue weighted by Gasteiger charge is -2.29. The highest BCUT2D eigenvalue weighted by molar-refractivity contribution is 6.33. The molecule has 1 amide bonds. The zero-order valence-electron chi connectivity index (χ0n) is 18.6. The summed E-state index contributed by atoms with van der Waals surface area (Å²) in [6.45, 7) is 2.57. The predicted octanol–water partition coefficient (Wildman–Crippen LogP) is 7.30. The number of aromatic nitrogens is 2. The minimum atomic E-state index is -0.301. The van der Waals surface area contributed by atoms with Crippen molar-refractivity contribution in [2.24, 2.45) is 11.0 Å². The molecule has 34 heavy (non-hydrogen) atoms. The van der Waals surface area contributed by atoms with Crippen LogP contribution in [0.5, 0.6) is 0 Å². The van der Waals surface area contributed by atoms with Gasteiger partial charge in [-0.1, -0.05) is 59.1 Å². The van der Waals surface area contributed by atoms with Crippen LogP contribution in [0.2, 0.25) is 15.1 Å². The van der Waals surface area contributed by atoms with Gasteiger partial charge in [-0.2, -0.15) is 10.2 Å². The van der Waals surface area contributed by atoms with Crippen molar-refractivity contribution in [1.82, 2.24) is 14.8 Å². The van der Waals surface area contributed by atoms with Gasteiger partial charge in [-0.05, 0) is 73.2 Å². The molecule has 2 atom stereocenters. The number of carbonyl (C=O) groups is 1. The number of hydrogen-bond donors (Lipinski definition) is 0. The summed E-state index contributed by atoms with van der Waals surface area (Å²) < 4.78 is 1.66. The van der Waals surface area contributed by atoms with E-state index in [1.54, 1.807) is 15.9 Å². The van der Waals surface area contributed by atoms with Gasteiger partial charge in [0.1, 0.15) is 0 Å². The summed E-state index contributed by atoms with van der Waals surface area (Å²) in [5.74, 6) is -0.227. The molecule has 2 aliphatic rings. The number of rotatable bonds is 4. The summed E-state index contributed by atoms with van der Waals surface area (Å²) in [5, 5.41) is 12.6. The van der Waals surface area contributed by atoms with Gasteiger partial charge in [0.25, 0.3) is 5.91 Å². The van der Waals surface area contributed by atoms with Crippen LogP contribution in [0.25, 0.3) is 6.08 Å². The molecule has 174 valence electrons. The topological polar surface area (TPSA) is 50.5 Å². The van der Waals surface area contributed by atoms with Gasteiger partial charge in [0.05, 0.1) is 16.8 Å². The van der Waals surface area contributed by atoms with Crippen LogP contribution in [0.15, 0.2) is 65.4 Å². The maximum Gasteiger partial charge on any atom is 0.296 e. The normalized spacial score (nSPS) is 21.0. The van der Waals surface area contributed by atoms with Gasteiger partial charge in [-0.15, -0.1) is 0 Å². The molecule has 1 saturated carbocycles. The molecule has 0 spiro atoms. The summed E-state index contributed by atoms with van der Waals surface area (Å²) >= 11 is 18.6. The summed E-state index contributed by atoms with van der Waals surface area (Å²) in [6.07, 6.45) is 6.67. The van der Waals surface area contributed by atoms with E-state index in [4.69, 9.17) is 39.9 Å². The lowest BCUT2D eigenvalue weighted by molar-refractivity contribution is 0.0674. The molecule has 8 heteroatoms. The second kappa shape index (κ2) is 9.57. The quantitative estimate of drug-likeness (QED) is 0.367. The maximum absolute atomic E-state index is 13.7. The Labute approximate surface area is 213 Å². The SMILES string of the molecule is CCn1cc(Cl)c(C(=O)N2N=C3/C(=C/c4ccc(Cl)cc4)CCC[C@H]3[C@@H]2c2ccc(Cl)cc2)n1. The van der Waals surface area contributed by atoms with Crippen LogP contribution in [0.1, 0.15) is 53.8 Å². The highest BCUT2D eigenvalue weighted by Crippen LogP contribution is 2.45. The molecule has 0 unspecified atom stereocenters. The number of hydrazone groups is 1. The number of nitrogens with zero attached hydrogens (tertiary/aromatic N) is 4. The van der Waals surface area contributed by atoms with Crippen molar-refractivity contribution in [3.05, 3.63) is 92.2 Å². The third kappa shape index (κ3) is 4.40. The molecule has 1 aliphatic carbocycles. The fourth-order valence-corrected chi connectivity index (χ4v) is 5.22. The Hall–Kier alpha value is -2.60. The van der Waals surface area contributed by atoms with Crippen LogP contribution in [0, 0.1) is 5.92 Å². The molecule has 0 saturated heterocycles. The van der Waals surface area contributed by atoms with Crippen LogP contribution in [0.4, 0.5) is 0 Å². The van der Waals surface area contributed by atoms with Crippen LogP contribution in [0.3, 0.4) is 0 Å². The zero-order valence-corrected chi connectivity index (χ0v) is 20.9. The van der Waals surface area contributed by atoms with Gasteiger partial charge in [0.2, 0.25) is 0 Å². The van der Waals surface area contributed by atoms with E-state index in [9.17, 15) is 4.79 Å². The lowest BCUT2D eigenvalue weighted by atomic mass is 9.77. The summed E-state index contributed by atoms with van der Waals surface area (Å²) in [5.41, 5.74) is 4.34. The van der Waals surface area contributed by atoms with Crippen LogP contribution in [-0.4, -0.2) is 26.4 Å². The number of halogens is 3. The Balaban J connectivity index is 1.58. The molecule has 1 aliphatic heterocycles. The first-order valence-electron chi connectivity index (χ1n) is 11.3. The second-order valence-electron chi connectivity index (χ2n) is 8.53. The number of benzene rings is 2. The maximum atomic E-state index is 13.7. The average molecular weight is 514 g/mol. The average Bonchev–Trinajstić information content (AvgIpc) is 3.42. The van der Waals surface area contributed by atoms with Crippen molar-refractivity contribution < 1.29 is 4.79 Å². The molecular weight excluding hydrogens is 491 g/mol. The van der Waals surface area contributed by atoms with Gasteiger partial charge in [0, 0.05) is 28.7 Å². The molecule has 5 rings (SSSR count). The van der Waals surface area contributed by atoms with Crippen molar-refractivity contribution in [1.29, 1.82) is 0 Å². The number of aryl methyl sites for hydroxylation is 1. The molecular formula is C26H23Cl3N4O. The second-order valence-corrected chi connectivity index (χ2v) is 9.81. The summed E-state index contributed by atoms with van der Waals surface area (Å²) in [7, 11) is 0. The third-order valence-electron chi connectivity index (χ3n) is 6.38. The Morgan fingerprint density at radius 2 is 1.74 bits per heavy atom. The van der Waals surface area contributed by atoms with E-state index < -0.39 is 0 Å². The van der Waals surface area contributed by atoms with Crippen molar-refractivity contribution in [3.8, 4) is 0 Å². The van der Waals surface area contributed by atoms with Crippen LogP contribution < -0.4 is 0 Å². The number of carbonyl (C=O) groups excluding carboxylic acids is 1. The van der Waals surface area contributed by atoms with Gasteiger partial charge in [0.15, 0.2) is 5.69 Å². The van der Waals surface area contributed by atoms with E-state index in [1.165, 1.54) is 0 Å². The van der Waals surface area contributed by atoms with Crippen LogP contribution in [-0.2, 0) is 6.54 Å². The first kappa shape index (κ1) is 23.2. The highest BCUT2D eigenvalue weighted by atomic mass is 35.5. The molecule has 1 aromatic heterocycles. The molecule has 2 aromatic carbocycles. The third-order valence-corrected chi connectivity index (χ3v) is 7.16. The number of hydrogen-bond acceptors (Lipinski definition) is 3. The fraction of sp³-hybridized carbons (Fsp3) is 0.269. The first-order chi connectivity index (χ1) is 16.4. The van der Waals surface area contributed by atoms with Crippen molar-refractivity contribution >= 4 is 52.5 Å². The van der Waals surface area contributed by atoms with E-state index >= 15 is 0 Å². The Kier molecular flexibility index (Phi) is 6.52. The van der Waals surface area contributed by atoms with Gasteiger partial charge in [-0.25, -0.2) is 5.01 Å². The number of fused-ring (bicyclic) bond motifs is 1. The van der Waals surface area contributed by atoms with Gasteiger partial charge >= 0.3 is 0 Å². The predicted molar refractivity (Wildman–Crippen MR) is 137 cm³/mol. The Morgan fingerprint density at radius 1 is 1.06 bits per heavy atom. The zero-order chi connectivity index (χ0) is 23.8. The summed E-state index contributed by atoms with van der Waals surface area (Å²) in [4.78, 5) is 13.7. The molecule has 1 fully saturated rings. The Morgan fingerprint density at radius 3 is 2.38 bits per heavy atom. The van der Waals surface area contributed by atoms with Crippen molar-refractivity contribution in [3.63, 3.8) is 0 Å². The fourth-order valence-electron chi connectivity index (χ4n) is 4.73. The number of amides is 1. The van der Waals surface area contributed by atoms with Crippen molar-refractivity contribution in [2.75, 3.05) is 0 Å². The monoisotopic (exact) mass is 512 g/mol. The van der Waals surface area contributed by atoms with E-state index in [1.807, 2.05) is 55.5 Å². The molecule has 0 radical (unpaired) electrons.